The monoisotopic (exact) mass is 198 g/mol. The molecule has 14 heavy (non-hydrogen) atoms. The molecule has 0 aliphatic heterocycles. The minimum Gasteiger partial charge on any atom is -0.481 e. The Morgan fingerprint density at radius 1 is 1.50 bits per heavy atom. The van der Waals surface area contributed by atoms with Gasteiger partial charge in [0, 0.05) is 6.42 Å². The summed E-state index contributed by atoms with van der Waals surface area (Å²) in [5, 5.41) is 18.4. The lowest BCUT2D eigenvalue weighted by Gasteiger charge is -2.18. The molecule has 0 aromatic carbocycles. The van der Waals surface area contributed by atoms with Gasteiger partial charge in [-0.25, -0.2) is 0 Å². The van der Waals surface area contributed by atoms with Crippen molar-refractivity contribution in [3.8, 4) is 0 Å². The lowest BCUT2D eigenvalue weighted by atomic mass is 9.89. The summed E-state index contributed by atoms with van der Waals surface area (Å²) in [6.07, 6.45) is 6.23. The summed E-state index contributed by atoms with van der Waals surface area (Å²) in [7, 11) is 0. The zero-order valence-corrected chi connectivity index (χ0v) is 8.52. The second-order valence-electron chi connectivity index (χ2n) is 3.97. The number of hydrogen-bond donors (Lipinski definition) is 2. The summed E-state index contributed by atoms with van der Waals surface area (Å²) >= 11 is 0. The molecule has 1 saturated carbocycles. The standard InChI is InChI=1S/C11H18O3/c1-2-3-4-9-8(7-11(13)14)5-6-10(9)12/h2-3,8-10,12H,4-7H2,1H3,(H,13,14)/b3-2-/t8-,9-,10?/m1/s1. The van der Waals surface area contributed by atoms with Gasteiger partial charge in [0.15, 0.2) is 0 Å². The Kier molecular flexibility index (Phi) is 4.14. The van der Waals surface area contributed by atoms with Crippen LogP contribution in [0.1, 0.15) is 32.6 Å². The van der Waals surface area contributed by atoms with Gasteiger partial charge in [-0.05, 0) is 38.0 Å². The maximum atomic E-state index is 10.6. The van der Waals surface area contributed by atoms with Crippen molar-refractivity contribution in [1.82, 2.24) is 0 Å². The van der Waals surface area contributed by atoms with Crippen LogP contribution in [0, 0.1) is 11.8 Å². The molecule has 80 valence electrons. The first kappa shape index (κ1) is 11.2. The molecule has 3 atom stereocenters. The fraction of sp³-hybridized carbons (Fsp3) is 0.727. The zero-order chi connectivity index (χ0) is 10.6. The van der Waals surface area contributed by atoms with E-state index in [4.69, 9.17) is 5.11 Å². The van der Waals surface area contributed by atoms with Crippen LogP contribution in [0.25, 0.3) is 0 Å². The minimum absolute atomic E-state index is 0.141. The van der Waals surface area contributed by atoms with Crippen molar-refractivity contribution >= 4 is 5.97 Å². The highest BCUT2D eigenvalue weighted by Gasteiger charge is 2.34. The van der Waals surface area contributed by atoms with Crippen molar-refractivity contribution in [3.05, 3.63) is 12.2 Å². The van der Waals surface area contributed by atoms with Crippen LogP contribution in [0.2, 0.25) is 0 Å². The van der Waals surface area contributed by atoms with E-state index in [2.05, 4.69) is 0 Å². The molecule has 0 spiro atoms. The Morgan fingerprint density at radius 3 is 2.79 bits per heavy atom. The van der Waals surface area contributed by atoms with Crippen LogP contribution < -0.4 is 0 Å². The predicted molar refractivity (Wildman–Crippen MR) is 53.9 cm³/mol. The van der Waals surface area contributed by atoms with Gasteiger partial charge in [0.1, 0.15) is 0 Å². The van der Waals surface area contributed by atoms with E-state index in [1.165, 1.54) is 0 Å². The van der Waals surface area contributed by atoms with E-state index in [0.29, 0.717) is 0 Å². The van der Waals surface area contributed by atoms with Gasteiger partial charge in [-0.1, -0.05) is 12.2 Å². The Bertz CT molecular complexity index is 223. The molecule has 0 heterocycles. The summed E-state index contributed by atoms with van der Waals surface area (Å²) < 4.78 is 0. The highest BCUT2D eigenvalue weighted by molar-refractivity contribution is 5.67. The van der Waals surface area contributed by atoms with Crippen LogP contribution in [-0.4, -0.2) is 22.3 Å². The topological polar surface area (TPSA) is 57.5 Å². The summed E-state index contributed by atoms with van der Waals surface area (Å²) in [5.74, 6) is -0.462. The Labute approximate surface area is 84.4 Å². The number of carbonyl (C=O) groups is 1. The second-order valence-corrected chi connectivity index (χ2v) is 3.97. The van der Waals surface area contributed by atoms with Gasteiger partial charge in [-0.15, -0.1) is 0 Å². The summed E-state index contributed by atoms with van der Waals surface area (Å²) in [6, 6.07) is 0. The van der Waals surface area contributed by atoms with Crippen LogP contribution in [0.15, 0.2) is 12.2 Å². The number of allylic oxidation sites excluding steroid dienone is 2. The molecular formula is C11H18O3. The normalized spacial score (nSPS) is 32.6. The van der Waals surface area contributed by atoms with Gasteiger partial charge in [0.2, 0.25) is 0 Å². The molecule has 3 heteroatoms. The van der Waals surface area contributed by atoms with Gasteiger partial charge < -0.3 is 10.2 Å². The first-order chi connectivity index (χ1) is 6.65. The molecule has 1 fully saturated rings. The minimum atomic E-state index is -0.755. The maximum absolute atomic E-state index is 10.6. The van der Waals surface area contributed by atoms with Crippen molar-refractivity contribution in [2.75, 3.05) is 0 Å². The van der Waals surface area contributed by atoms with Crippen molar-refractivity contribution in [2.24, 2.45) is 11.8 Å². The van der Waals surface area contributed by atoms with Crippen LogP contribution >= 0.6 is 0 Å². The predicted octanol–water partition coefficient (Wildman–Crippen LogP) is 1.81. The van der Waals surface area contributed by atoms with Crippen molar-refractivity contribution in [1.29, 1.82) is 0 Å². The fourth-order valence-electron chi connectivity index (χ4n) is 2.25. The van der Waals surface area contributed by atoms with Gasteiger partial charge in [-0.3, -0.25) is 4.79 Å². The third-order valence-electron chi connectivity index (χ3n) is 3.01. The number of aliphatic hydroxyl groups excluding tert-OH is 1. The molecule has 1 rings (SSSR count). The average molecular weight is 198 g/mol. The van der Waals surface area contributed by atoms with E-state index in [9.17, 15) is 9.90 Å². The lowest BCUT2D eigenvalue weighted by molar-refractivity contribution is -0.138. The van der Waals surface area contributed by atoms with Crippen LogP contribution in [0.4, 0.5) is 0 Å². The van der Waals surface area contributed by atoms with Crippen LogP contribution in [-0.2, 0) is 4.79 Å². The number of hydrogen-bond acceptors (Lipinski definition) is 2. The first-order valence-corrected chi connectivity index (χ1v) is 5.16. The van der Waals surface area contributed by atoms with Crippen molar-refractivity contribution in [2.45, 2.75) is 38.7 Å². The largest absolute Gasteiger partial charge is 0.481 e. The van der Waals surface area contributed by atoms with Gasteiger partial charge >= 0.3 is 5.97 Å². The molecule has 2 N–H and O–H groups in total. The van der Waals surface area contributed by atoms with E-state index >= 15 is 0 Å². The lowest BCUT2D eigenvalue weighted by Crippen LogP contribution is -2.20. The summed E-state index contributed by atoms with van der Waals surface area (Å²) in [5.41, 5.74) is 0. The SMILES string of the molecule is C/C=C\C[C@H]1C(O)CC[C@@H]1CC(=O)O. The zero-order valence-electron chi connectivity index (χ0n) is 8.52. The third-order valence-corrected chi connectivity index (χ3v) is 3.01. The Morgan fingerprint density at radius 2 is 2.21 bits per heavy atom. The van der Waals surface area contributed by atoms with E-state index in [1.54, 1.807) is 0 Å². The number of aliphatic hydroxyl groups is 1. The van der Waals surface area contributed by atoms with Crippen LogP contribution in [0.3, 0.4) is 0 Å². The van der Waals surface area contributed by atoms with E-state index in [0.717, 1.165) is 19.3 Å². The van der Waals surface area contributed by atoms with Crippen LogP contribution in [0.5, 0.6) is 0 Å². The molecule has 1 aliphatic rings. The van der Waals surface area contributed by atoms with Gasteiger partial charge in [0.25, 0.3) is 0 Å². The molecule has 0 aromatic heterocycles. The maximum Gasteiger partial charge on any atom is 0.303 e. The van der Waals surface area contributed by atoms with Gasteiger partial charge in [0.05, 0.1) is 6.10 Å². The highest BCUT2D eigenvalue weighted by atomic mass is 16.4. The highest BCUT2D eigenvalue weighted by Crippen LogP contribution is 2.36. The van der Waals surface area contributed by atoms with E-state index < -0.39 is 5.97 Å². The molecule has 1 unspecified atom stereocenters. The average Bonchev–Trinajstić information content (AvgIpc) is 2.44. The third kappa shape index (κ3) is 2.84. The molecule has 1 aliphatic carbocycles. The van der Waals surface area contributed by atoms with Crippen molar-refractivity contribution < 1.29 is 15.0 Å². The molecule has 0 radical (unpaired) electrons. The fourth-order valence-corrected chi connectivity index (χ4v) is 2.25. The molecule has 0 amide bonds. The molecular weight excluding hydrogens is 180 g/mol. The first-order valence-electron chi connectivity index (χ1n) is 5.16. The summed E-state index contributed by atoms with van der Waals surface area (Å²) in [4.78, 5) is 10.6. The molecule has 0 saturated heterocycles. The molecule has 0 aromatic rings. The Balaban J connectivity index is 2.52. The number of rotatable bonds is 4. The smallest absolute Gasteiger partial charge is 0.303 e. The molecule has 0 bridgehead atoms. The quantitative estimate of drug-likeness (QED) is 0.677. The van der Waals surface area contributed by atoms with Gasteiger partial charge in [-0.2, -0.15) is 0 Å². The van der Waals surface area contributed by atoms with E-state index in [1.807, 2.05) is 19.1 Å². The second kappa shape index (κ2) is 5.15. The number of aliphatic carboxylic acids is 1. The molecule has 3 nitrogen and oxygen atoms in total. The Hall–Kier alpha value is -0.830. The van der Waals surface area contributed by atoms with E-state index in [-0.39, 0.29) is 24.4 Å². The van der Waals surface area contributed by atoms with Crippen molar-refractivity contribution in [3.63, 3.8) is 0 Å². The number of carboxylic acid groups (broad SMARTS) is 1. The summed E-state index contributed by atoms with van der Waals surface area (Å²) in [6.45, 7) is 1.94. The number of carboxylic acids is 1.